The van der Waals surface area contributed by atoms with Gasteiger partial charge in [0.05, 0.1) is 19.8 Å². The zero-order valence-electron chi connectivity index (χ0n) is 32.6. The van der Waals surface area contributed by atoms with Crippen LogP contribution in [0.4, 0.5) is 0 Å². The standard InChI is InChI=1S/C43H67O10P/c1-3-5-7-9-11-13-15-17-18-19-20-21-23-24-26-28-30-32-34-42(46)50-38-41(39-52-54(48,49)51-37-40(45)36-44)53-43(47)35-33-31-29-27-25-22-16-14-12-10-8-6-4-2/h6,8,10-22,25,27,29,40-41,44-45H,3-5,7,9,23-24,26,28,30-39H2,1-2H3,(H,48,49)/b8-6+,12-10+,13-11+,16-14+,17-15+,19-18+,21-20+,25-22+,29-27+/t40-,41?/m1/s1. The molecule has 0 heterocycles. The van der Waals surface area contributed by atoms with Crippen molar-refractivity contribution in [1.29, 1.82) is 0 Å². The minimum atomic E-state index is -4.65. The van der Waals surface area contributed by atoms with Crippen LogP contribution in [0.2, 0.25) is 0 Å². The summed E-state index contributed by atoms with van der Waals surface area (Å²) in [4.78, 5) is 34.8. The van der Waals surface area contributed by atoms with Crippen LogP contribution in [0, 0.1) is 0 Å². The number of carbonyl (C=O) groups is 2. The highest BCUT2D eigenvalue weighted by molar-refractivity contribution is 7.47. The Morgan fingerprint density at radius 1 is 0.574 bits per heavy atom. The van der Waals surface area contributed by atoms with Gasteiger partial charge in [-0.3, -0.25) is 18.6 Å². The number of allylic oxidation sites excluding steroid dienone is 18. The number of rotatable bonds is 34. The maximum absolute atomic E-state index is 12.5. The first-order valence-corrected chi connectivity index (χ1v) is 21.0. The number of unbranched alkanes of at least 4 members (excludes halogenated alkanes) is 9. The van der Waals surface area contributed by atoms with Crippen LogP contribution < -0.4 is 0 Å². The summed E-state index contributed by atoms with van der Waals surface area (Å²) in [5.74, 6) is -1.05. The molecular formula is C43H67O10P. The Kier molecular flexibility index (Phi) is 35.6. The van der Waals surface area contributed by atoms with Crippen molar-refractivity contribution in [3.63, 3.8) is 0 Å². The molecule has 0 aromatic rings. The van der Waals surface area contributed by atoms with Crippen LogP contribution in [0.5, 0.6) is 0 Å². The van der Waals surface area contributed by atoms with E-state index in [0.717, 1.165) is 44.9 Å². The van der Waals surface area contributed by atoms with Gasteiger partial charge < -0.3 is 24.6 Å². The van der Waals surface area contributed by atoms with E-state index in [0.29, 0.717) is 19.3 Å². The van der Waals surface area contributed by atoms with Gasteiger partial charge in [-0.05, 0) is 51.4 Å². The third-order valence-electron chi connectivity index (χ3n) is 7.38. The number of aliphatic hydroxyl groups is 2. The zero-order valence-corrected chi connectivity index (χ0v) is 33.5. The average Bonchev–Trinajstić information content (AvgIpc) is 3.16. The first-order chi connectivity index (χ1) is 26.2. The van der Waals surface area contributed by atoms with Gasteiger partial charge in [-0.25, -0.2) is 4.57 Å². The van der Waals surface area contributed by atoms with Gasteiger partial charge >= 0.3 is 19.8 Å². The lowest BCUT2D eigenvalue weighted by Crippen LogP contribution is -2.29. The summed E-state index contributed by atoms with van der Waals surface area (Å²) < 4.78 is 32.5. The quantitative estimate of drug-likeness (QED) is 0.0250. The van der Waals surface area contributed by atoms with Crippen molar-refractivity contribution in [2.24, 2.45) is 0 Å². The topological polar surface area (TPSA) is 149 Å². The number of hydrogen-bond acceptors (Lipinski definition) is 9. The van der Waals surface area contributed by atoms with Gasteiger partial charge in [-0.15, -0.1) is 0 Å². The van der Waals surface area contributed by atoms with E-state index >= 15 is 0 Å². The predicted molar refractivity (Wildman–Crippen MR) is 219 cm³/mol. The largest absolute Gasteiger partial charge is 0.472 e. The van der Waals surface area contributed by atoms with Crippen molar-refractivity contribution in [1.82, 2.24) is 0 Å². The monoisotopic (exact) mass is 774 g/mol. The van der Waals surface area contributed by atoms with E-state index in [1.165, 1.54) is 19.3 Å². The molecule has 0 saturated carbocycles. The Morgan fingerprint density at radius 3 is 1.59 bits per heavy atom. The van der Waals surface area contributed by atoms with Crippen LogP contribution in [0.15, 0.2) is 109 Å². The van der Waals surface area contributed by atoms with Gasteiger partial charge in [-0.2, -0.15) is 0 Å². The van der Waals surface area contributed by atoms with Gasteiger partial charge in [0, 0.05) is 12.8 Å². The summed E-state index contributed by atoms with van der Waals surface area (Å²) in [5.41, 5.74) is 0. The second kappa shape index (κ2) is 37.9. The third kappa shape index (κ3) is 37.0. The molecule has 304 valence electrons. The Morgan fingerprint density at radius 2 is 1.04 bits per heavy atom. The molecule has 10 nitrogen and oxygen atoms in total. The van der Waals surface area contributed by atoms with Crippen LogP contribution in [-0.2, 0) is 32.7 Å². The van der Waals surface area contributed by atoms with Crippen molar-refractivity contribution in [3.05, 3.63) is 109 Å². The molecular weight excluding hydrogens is 707 g/mol. The molecule has 0 aromatic carbocycles. The van der Waals surface area contributed by atoms with Gasteiger partial charge in [0.25, 0.3) is 0 Å². The maximum atomic E-state index is 12.5. The number of esters is 2. The lowest BCUT2D eigenvalue weighted by molar-refractivity contribution is -0.161. The molecule has 0 radical (unpaired) electrons. The lowest BCUT2D eigenvalue weighted by atomic mass is 10.1. The van der Waals surface area contributed by atoms with Crippen molar-refractivity contribution in [2.45, 2.75) is 122 Å². The first kappa shape index (κ1) is 50.6. The average molecular weight is 775 g/mol. The summed E-state index contributed by atoms with van der Waals surface area (Å²) in [6.45, 7) is 2.03. The van der Waals surface area contributed by atoms with E-state index in [4.69, 9.17) is 19.1 Å². The van der Waals surface area contributed by atoms with Crippen molar-refractivity contribution >= 4 is 19.8 Å². The number of phosphoric acid groups is 1. The minimum Gasteiger partial charge on any atom is -0.462 e. The van der Waals surface area contributed by atoms with Crippen LogP contribution in [0.25, 0.3) is 0 Å². The number of ether oxygens (including phenoxy) is 2. The van der Waals surface area contributed by atoms with E-state index in [1.807, 2.05) is 79.0 Å². The van der Waals surface area contributed by atoms with Crippen LogP contribution in [-0.4, -0.2) is 65.7 Å². The van der Waals surface area contributed by atoms with Crippen LogP contribution in [0.3, 0.4) is 0 Å². The van der Waals surface area contributed by atoms with Gasteiger partial charge in [0.2, 0.25) is 0 Å². The molecule has 0 aliphatic heterocycles. The number of hydrogen-bond donors (Lipinski definition) is 3. The van der Waals surface area contributed by atoms with Gasteiger partial charge in [0.15, 0.2) is 6.10 Å². The van der Waals surface area contributed by atoms with E-state index in [-0.39, 0.29) is 19.4 Å². The molecule has 2 unspecified atom stereocenters. The van der Waals surface area contributed by atoms with E-state index in [9.17, 15) is 24.2 Å². The Balaban J connectivity index is 4.53. The first-order valence-electron chi connectivity index (χ1n) is 19.5. The molecule has 0 amide bonds. The van der Waals surface area contributed by atoms with E-state index in [1.54, 1.807) is 0 Å². The van der Waals surface area contributed by atoms with Gasteiger partial charge in [-0.1, -0.05) is 155 Å². The molecule has 54 heavy (non-hydrogen) atoms. The number of carbonyl (C=O) groups excluding carboxylic acids is 2. The Bertz CT molecular complexity index is 1260. The van der Waals surface area contributed by atoms with Crippen molar-refractivity contribution in [3.8, 4) is 0 Å². The fourth-order valence-corrected chi connectivity index (χ4v) is 5.18. The summed E-state index contributed by atoms with van der Waals surface area (Å²) in [6, 6.07) is 0. The second-order valence-electron chi connectivity index (χ2n) is 12.4. The Labute approximate surface area is 325 Å². The van der Waals surface area contributed by atoms with Crippen LogP contribution in [0.1, 0.15) is 110 Å². The highest BCUT2D eigenvalue weighted by Crippen LogP contribution is 2.43. The molecule has 3 N–H and O–H groups in total. The third-order valence-corrected chi connectivity index (χ3v) is 8.33. The summed E-state index contributed by atoms with van der Waals surface area (Å²) in [7, 11) is -4.65. The summed E-state index contributed by atoms with van der Waals surface area (Å²) >= 11 is 0. The van der Waals surface area contributed by atoms with Crippen molar-refractivity contribution < 1.29 is 47.8 Å². The fourth-order valence-electron chi connectivity index (χ4n) is 4.39. The predicted octanol–water partition coefficient (Wildman–Crippen LogP) is 9.83. The van der Waals surface area contributed by atoms with Crippen LogP contribution >= 0.6 is 7.82 Å². The SMILES string of the molecule is CC/C=C/C=C/C=C/C=C/C=C/CCCC(=O)OC(COC(=O)CCCCCCC/C=C/C=C/C=C/C=C/CCCCC)COP(=O)(O)OC[C@H](O)CO. The number of phosphoric ester groups is 1. The molecule has 11 heteroatoms. The fraction of sp³-hybridized carbons (Fsp3) is 0.535. The molecule has 0 aliphatic rings. The van der Waals surface area contributed by atoms with Crippen molar-refractivity contribution in [2.75, 3.05) is 26.4 Å². The highest BCUT2D eigenvalue weighted by atomic mass is 31.2. The molecule has 0 spiro atoms. The lowest BCUT2D eigenvalue weighted by Gasteiger charge is -2.20. The molecule has 0 saturated heterocycles. The second-order valence-corrected chi connectivity index (χ2v) is 13.9. The Hall–Kier alpha value is -3.37. The smallest absolute Gasteiger partial charge is 0.462 e. The minimum absolute atomic E-state index is 0.0748. The maximum Gasteiger partial charge on any atom is 0.472 e. The summed E-state index contributed by atoms with van der Waals surface area (Å²) in [5, 5.41) is 18.3. The molecule has 3 atom stereocenters. The van der Waals surface area contributed by atoms with E-state index < -0.39 is 51.8 Å². The number of aliphatic hydroxyl groups excluding tert-OH is 2. The molecule has 0 aliphatic carbocycles. The van der Waals surface area contributed by atoms with Gasteiger partial charge in [0.1, 0.15) is 12.7 Å². The zero-order chi connectivity index (χ0) is 39.8. The molecule has 0 fully saturated rings. The molecule has 0 bridgehead atoms. The normalized spacial score (nSPS) is 15.1. The highest BCUT2D eigenvalue weighted by Gasteiger charge is 2.27. The van der Waals surface area contributed by atoms with E-state index in [2.05, 4.69) is 48.8 Å². The molecule has 0 aromatic heterocycles. The summed E-state index contributed by atoms with van der Waals surface area (Å²) in [6.07, 6.45) is 46.4. The molecule has 0 rings (SSSR count).